The van der Waals surface area contributed by atoms with E-state index in [4.69, 9.17) is 14.6 Å². The summed E-state index contributed by atoms with van der Waals surface area (Å²) >= 11 is 0. The largest absolute Gasteiger partial charge is 0.493 e. The third-order valence-corrected chi connectivity index (χ3v) is 5.10. The Labute approximate surface area is 171 Å². The molecule has 8 nitrogen and oxygen atoms in total. The Morgan fingerprint density at radius 3 is 2.62 bits per heavy atom. The van der Waals surface area contributed by atoms with Gasteiger partial charge in [0.15, 0.2) is 11.5 Å². The molecular formula is C21H29N3O5. The Kier molecular flexibility index (Phi) is 7.48. The highest BCUT2D eigenvalue weighted by molar-refractivity contribution is 6.17. The average molecular weight is 403 g/mol. The molecule has 0 saturated carbocycles. The standard InChI is InChI=1S/C21H29N3O5/c1-28-19-14-16(22-17-15-20(26)24(11-12-25)21(17)27)6-7-18(19)29-13-5-10-23-8-3-2-4-9-23/h6-7,14-15,22,25H,2-5,8-13H2,1H3. The topological polar surface area (TPSA) is 91.3 Å². The Morgan fingerprint density at radius 1 is 1.10 bits per heavy atom. The van der Waals surface area contributed by atoms with Gasteiger partial charge in [-0.05, 0) is 44.5 Å². The Balaban J connectivity index is 1.54. The van der Waals surface area contributed by atoms with E-state index in [2.05, 4.69) is 10.2 Å². The van der Waals surface area contributed by atoms with Crippen LogP contribution in [0.15, 0.2) is 30.0 Å². The summed E-state index contributed by atoms with van der Waals surface area (Å²) in [5, 5.41) is 11.9. The number of aliphatic hydroxyl groups is 1. The van der Waals surface area contributed by atoms with E-state index in [0.29, 0.717) is 23.8 Å². The van der Waals surface area contributed by atoms with Gasteiger partial charge in [0.05, 0.1) is 26.9 Å². The molecule has 8 heteroatoms. The molecule has 3 rings (SSSR count). The van der Waals surface area contributed by atoms with E-state index in [0.717, 1.165) is 17.9 Å². The molecule has 2 amide bonds. The SMILES string of the molecule is COc1cc(NC2=CC(=O)N(CCO)C2=O)ccc1OCCCN1CCCCC1. The van der Waals surface area contributed by atoms with Crippen molar-refractivity contribution in [3.05, 3.63) is 30.0 Å². The lowest BCUT2D eigenvalue weighted by Gasteiger charge is -2.26. The third-order valence-electron chi connectivity index (χ3n) is 5.10. The zero-order chi connectivity index (χ0) is 20.6. The van der Waals surface area contributed by atoms with Crippen LogP contribution in [0.4, 0.5) is 5.69 Å². The second-order valence-electron chi connectivity index (χ2n) is 7.17. The van der Waals surface area contributed by atoms with Crippen LogP contribution in [0, 0.1) is 0 Å². The van der Waals surface area contributed by atoms with Gasteiger partial charge in [0.1, 0.15) is 5.70 Å². The normalized spacial score (nSPS) is 17.4. The van der Waals surface area contributed by atoms with Crippen molar-refractivity contribution in [1.29, 1.82) is 0 Å². The monoisotopic (exact) mass is 403 g/mol. The molecule has 0 radical (unpaired) electrons. The Hall–Kier alpha value is -2.58. The molecule has 0 spiro atoms. The van der Waals surface area contributed by atoms with E-state index in [1.807, 2.05) is 0 Å². The number of benzene rings is 1. The number of hydrogen-bond donors (Lipinski definition) is 2. The van der Waals surface area contributed by atoms with Gasteiger partial charge in [0, 0.05) is 24.4 Å². The molecule has 2 aliphatic rings. The average Bonchev–Trinajstić information content (AvgIpc) is 3.00. The number of anilines is 1. The fourth-order valence-electron chi connectivity index (χ4n) is 3.58. The predicted molar refractivity (Wildman–Crippen MR) is 109 cm³/mol. The first-order valence-corrected chi connectivity index (χ1v) is 10.1. The highest BCUT2D eigenvalue weighted by Gasteiger charge is 2.30. The molecule has 0 atom stereocenters. The molecule has 29 heavy (non-hydrogen) atoms. The molecule has 0 aliphatic carbocycles. The molecule has 1 aromatic carbocycles. The number of ether oxygens (including phenoxy) is 2. The maximum atomic E-state index is 12.2. The summed E-state index contributed by atoms with van der Waals surface area (Å²) in [7, 11) is 1.56. The van der Waals surface area contributed by atoms with Crippen molar-refractivity contribution >= 4 is 17.5 Å². The minimum absolute atomic E-state index is 0.0210. The summed E-state index contributed by atoms with van der Waals surface area (Å²) in [5.74, 6) is 0.298. The highest BCUT2D eigenvalue weighted by Crippen LogP contribution is 2.31. The van der Waals surface area contributed by atoms with Gasteiger partial charge in [-0.3, -0.25) is 14.5 Å². The van der Waals surface area contributed by atoms with Crippen LogP contribution in [0.1, 0.15) is 25.7 Å². The number of carbonyl (C=O) groups is 2. The first-order chi connectivity index (χ1) is 14.1. The number of piperidine rings is 1. The molecule has 0 aromatic heterocycles. The third kappa shape index (κ3) is 5.48. The van der Waals surface area contributed by atoms with E-state index >= 15 is 0 Å². The van der Waals surface area contributed by atoms with Crippen LogP contribution in [0.25, 0.3) is 0 Å². The van der Waals surface area contributed by atoms with Crippen LogP contribution in [-0.2, 0) is 9.59 Å². The van der Waals surface area contributed by atoms with Gasteiger partial charge in [0.2, 0.25) is 0 Å². The number of imide groups is 1. The van der Waals surface area contributed by atoms with Gasteiger partial charge in [-0.2, -0.15) is 0 Å². The zero-order valence-electron chi connectivity index (χ0n) is 16.9. The summed E-state index contributed by atoms with van der Waals surface area (Å²) in [6.07, 6.45) is 6.08. The van der Waals surface area contributed by atoms with Crippen LogP contribution in [0.5, 0.6) is 11.5 Å². The molecule has 0 bridgehead atoms. The van der Waals surface area contributed by atoms with Crippen molar-refractivity contribution in [2.75, 3.05) is 51.8 Å². The number of amides is 2. The number of aliphatic hydroxyl groups excluding tert-OH is 1. The van der Waals surface area contributed by atoms with Gasteiger partial charge in [-0.15, -0.1) is 0 Å². The molecule has 2 N–H and O–H groups in total. The smallest absolute Gasteiger partial charge is 0.277 e. The Morgan fingerprint density at radius 2 is 1.90 bits per heavy atom. The lowest BCUT2D eigenvalue weighted by atomic mass is 10.1. The Bertz CT molecular complexity index is 759. The first-order valence-electron chi connectivity index (χ1n) is 10.1. The van der Waals surface area contributed by atoms with E-state index < -0.39 is 11.8 Å². The number of nitrogens with one attached hydrogen (secondary N) is 1. The molecule has 1 aromatic rings. The summed E-state index contributed by atoms with van der Waals surface area (Å²) in [5.41, 5.74) is 0.779. The molecule has 1 fully saturated rings. The lowest BCUT2D eigenvalue weighted by Crippen LogP contribution is -2.34. The number of hydrogen-bond acceptors (Lipinski definition) is 7. The van der Waals surface area contributed by atoms with Crippen LogP contribution in [0.3, 0.4) is 0 Å². The van der Waals surface area contributed by atoms with Crippen molar-refractivity contribution < 1.29 is 24.2 Å². The van der Waals surface area contributed by atoms with Gasteiger partial charge >= 0.3 is 0 Å². The maximum absolute atomic E-state index is 12.2. The fourth-order valence-corrected chi connectivity index (χ4v) is 3.58. The number of nitrogens with zero attached hydrogens (tertiary/aromatic N) is 2. The summed E-state index contributed by atoms with van der Waals surface area (Å²) < 4.78 is 11.3. The highest BCUT2D eigenvalue weighted by atomic mass is 16.5. The number of likely N-dealkylation sites (tertiary alicyclic amines) is 1. The maximum Gasteiger partial charge on any atom is 0.277 e. The summed E-state index contributed by atoms with van der Waals surface area (Å²) in [6, 6.07) is 5.29. The zero-order valence-corrected chi connectivity index (χ0v) is 16.9. The van der Waals surface area contributed by atoms with Gasteiger partial charge in [-0.25, -0.2) is 0 Å². The molecule has 158 valence electrons. The second kappa shape index (κ2) is 10.3. The van der Waals surface area contributed by atoms with E-state index in [-0.39, 0.29) is 18.8 Å². The van der Waals surface area contributed by atoms with Crippen LogP contribution in [0.2, 0.25) is 0 Å². The van der Waals surface area contributed by atoms with Gasteiger partial charge in [0.25, 0.3) is 11.8 Å². The van der Waals surface area contributed by atoms with Crippen molar-refractivity contribution in [2.45, 2.75) is 25.7 Å². The quantitative estimate of drug-likeness (QED) is 0.453. The molecular weight excluding hydrogens is 374 g/mol. The number of carbonyl (C=O) groups excluding carboxylic acids is 2. The van der Waals surface area contributed by atoms with Crippen LogP contribution in [-0.4, -0.2) is 73.2 Å². The van der Waals surface area contributed by atoms with Crippen molar-refractivity contribution in [3.8, 4) is 11.5 Å². The van der Waals surface area contributed by atoms with E-state index in [1.165, 1.54) is 38.4 Å². The predicted octanol–water partition coefficient (Wildman–Crippen LogP) is 1.61. The summed E-state index contributed by atoms with van der Waals surface area (Å²) in [6.45, 7) is 3.71. The molecule has 0 unspecified atom stereocenters. The second-order valence-corrected chi connectivity index (χ2v) is 7.17. The lowest BCUT2D eigenvalue weighted by molar-refractivity contribution is -0.137. The van der Waals surface area contributed by atoms with Crippen LogP contribution < -0.4 is 14.8 Å². The van der Waals surface area contributed by atoms with Crippen LogP contribution >= 0.6 is 0 Å². The summed E-state index contributed by atoms with van der Waals surface area (Å²) in [4.78, 5) is 27.6. The van der Waals surface area contributed by atoms with Crippen molar-refractivity contribution in [3.63, 3.8) is 0 Å². The first kappa shape index (κ1) is 21.1. The molecule has 2 aliphatic heterocycles. The minimum atomic E-state index is -0.457. The van der Waals surface area contributed by atoms with E-state index in [1.54, 1.807) is 25.3 Å². The molecule has 1 saturated heterocycles. The number of rotatable bonds is 10. The minimum Gasteiger partial charge on any atom is -0.493 e. The fraction of sp³-hybridized carbons (Fsp3) is 0.524. The van der Waals surface area contributed by atoms with Crippen molar-refractivity contribution in [2.24, 2.45) is 0 Å². The number of methoxy groups -OCH3 is 1. The number of β-amino-alcohol motifs (C(OH)–C–C–N with tert-alkyl or cyclic N) is 1. The van der Waals surface area contributed by atoms with Crippen molar-refractivity contribution in [1.82, 2.24) is 9.80 Å². The van der Waals surface area contributed by atoms with Gasteiger partial charge in [-0.1, -0.05) is 6.42 Å². The van der Waals surface area contributed by atoms with Gasteiger partial charge < -0.3 is 24.8 Å². The molecule has 2 heterocycles. The van der Waals surface area contributed by atoms with E-state index in [9.17, 15) is 9.59 Å².